The highest BCUT2D eigenvalue weighted by atomic mass is 16.2. The number of hydrogen-bond acceptors (Lipinski definition) is 4. The fourth-order valence-electron chi connectivity index (χ4n) is 6.07. The topological polar surface area (TPSA) is 101 Å². The zero-order valence-corrected chi connectivity index (χ0v) is 22.0. The molecule has 1 saturated heterocycles. The van der Waals surface area contributed by atoms with Crippen LogP contribution in [0.5, 0.6) is 0 Å². The number of imidazole rings is 1. The minimum Gasteiger partial charge on any atom is -0.344 e. The molecule has 0 radical (unpaired) electrons. The number of carbonyl (C=O) groups excluding carboxylic acids is 3. The van der Waals surface area contributed by atoms with Gasteiger partial charge in [-0.1, -0.05) is 36.4 Å². The van der Waals surface area contributed by atoms with E-state index in [4.69, 9.17) is 0 Å². The molecule has 0 bridgehead atoms. The summed E-state index contributed by atoms with van der Waals surface area (Å²) in [6, 6.07) is 23.7. The molecule has 2 N–H and O–H groups in total. The number of carbonyl (C=O) groups is 3. The van der Waals surface area contributed by atoms with Gasteiger partial charge in [0.15, 0.2) is 0 Å². The Balaban J connectivity index is 1.11. The quantitative estimate of drug-likeness (QED) is 0.358. The lowest BCUT2D eigenvalue weighted by molar-refractivity contribution is -0.137. The van der Waals surface area contributed by atoms with Crippen molar-refractivity contribution in [1.82, 2.24) is 24.3 Å². The van der Waals surface area contributed by atoms with Crippen molar-refractivity contribution in [2.75, 3.05) is 11.9 Å². The number of hydrogen-bond donors (Lipinski definition) is 2. The maximum atomic E-state index is 13.3. The Morgan fingerprint density at radius 1 is 0.925 bits per heavy atom. The molecule has 0 aliphatic carbocycles. The normalized spacial score (nSPS) is 18.6. The van der Waals surface area contributed by atoms with Gasteiger partial charge >= 0.3 is 0 Å². The number of para-hydroxylation sites is 2. The van der Waals surface area contributed by atoms with Gasteiger partial charge in [0.2, 0.25) is 11.8 Å². The van der Waals surface area contributed by atoms with Gasteiger partial charge in [-0.05, 0) is 49.7 Å². The van der Waals surface area contributed by atoms with E-state index in [9.17, 15) is 14.4 Å². The summed E-state index contributed by atoms with van der Waals surface area (Å²) >= 11 is 0. The van der Waals surface area contributed by atoms with Crippen molar-refractivity contribution >= 4 is 45.2 Å². The van der Waals surface area contributed by atoms with Crippen LogP contribution >= 0.6 is 0 Å². The van der Waals surface area contributed by atoms with Crippen LogP contribution in [0, 0.1) is 0 Å². The van der Waals surface area contributed by atoms with E-state index in [1.165, 1.54) is 10.8 Å². The first-order chi connectivity index (χ1) is 19.5. The zero-order valence-electron chi connectivity index (χ0n) is 22.0. The highest BCUT2D eigenvalue weighted by Crippen LogP contribution is 2.32. The molecule has 2 aliphatic heterocycles. The average molecular weight is 533 g/mol. The van der Waals surface area contributed by atoms with Crippen LogP contribution in [-0.4, -0.2) is 49.3 Å². The van der Waals surface area contributed by atoms with Gasteiger partial charge in [0.05, 0.1) is 23.3 Å². The average Bonchev–Trinajstić information content (AvgIpc) is 3.69. The van der Waals surface area contributed by atoms with Gasteiger partial charge < -0.3 is 24.7 Å². The molecular formula is C31H28N6O3. The summed E-state index contributed by atoms with van der Waals surface area (Å²) in [5.74, 6) is 0.225. The van der Waals surface area contributed by atoms with Crippen LogP contribution in [-0.2, 0) is 16.1 Å². The first-order valence-electron chi connectivity index (χ1n) is 13.5. The minimum absolute atomic E-state index is 0.0911. The third-order valence-corrected chi connectivity index (χ3v) is 8.06. The summed E-state index contributed by atoms with van der Waals surface area (Å²) < 4.78 is 4.11. The molecule has 3 amide bonds. The lowest BCUT2D eigenvalue weighted by Gasteiger charge is -2.35. The fraction of sp³-hybridized carbons (Fsp3) is 0.226. The first-order valence-corrected chi connectivity index (χ1v) is 13.5. The predicted molar refractivity (Wildman–Crippen MR) is 152 cm³/mol. The first kappa shape index (κ1) is 24.1. The van der Waals surface area contributed by atoms with Gasteiger partial charge in [-0.15, -0.1) is 0 Å². The van der Waals surface area contributed by atoms with Crippen molar-refractivity contribution in [3.05, 3.63) is 90.5 Å². The molecule has 2 atom stereocenters. The lowest BCUT2D eigenvalue weighted by atomic mass is 10.1. The van der Waals surface area contributed by atoms with Crippen LogP contribution in [0.4, 0.5) is 5.69 Å². The van der Waals surface area contributed by atoms with Gasteiger partial charge in [0.1, 0.15) is 17.6 Å². The Morgan fingerprint density at radius 2 is 1.60 bits per heavy atom. The van der Waals surface area contributed by atoms with E-state index >= 15 is 0 Å². The second-order valence-electron chi connectivity index (χ2n) is 10.4. The van der Waals surface area contributed by atoms with Crippen molar-refractivity contribution < 1.29 is 14.4 Å². The number of amides is 3. The zero-order chi connectivity index (χ0) is 27.4. The molecule has 4 heterocycles. The van der Waals surface area contributed by atoms with E-state index in [0.717, 1.165) is 16.7 Å². The largest absolute Gasteiger partial charge is 0.344 e. The van der Waals surface area contributed by atoms with Crippen molar-refractivity contribution in [3.8, 4) is 5.69 Å². The Kier molecular flexibility index (Phi) is 5.66. The van der Waals surface area contributed by atoms with E-state index in [2.05, 4.69) is 56.6 Å². The summed E-state index contributed by atoms with van der Waals surface area (Å²) in [4.78, 5) is 44.1. The molecule has 2 aromatic heterocycles. The SMILES string of the molecule is CC1c2ncc(C(=O)Nc3ccc(-n4c5ccccc5c5ccccc54)cc3)n2CCN1C(=O)C1CCC(=O)N1. The van der Waals surface area contributed by atoms with Crippen LogP contribution in [0.1, 0.15) is 42.1 Å². The maximum absolute atomic E-state index is 13.3. The van der Waals surface area contributed by atoms with E-state index in [-0.39, 0.29) is 23.8 Å². The molecular weight excluding hydrogens is 504 g/mol. The molecule has 9 heteroatoms. The molecule has 1 fully saturated rings. The maximum Gasteiger partial charge on any atom is 0.273 e. The summed E-state index contributed by atoms with van der Waals surface area (Å²) in [7, 11) is 0. The monoisotopic (exact) mass is 532 g/mol. The Morgan fingerprint density at radius 3 is 2.25 bits per heavy atom. The summed E-state index contributed by atoms with van der Waals surface area (Å²) in [6.07, 6.45) is 2.45. The van der Waals surface area contributed by atoms with Gasteiger partial charge in [-0.3, -0.25) is 14.4 Å². The Bertz CT molecular complexity index is 1750. The molecule has 3 aromatic carbocycles. The van der Waals surface area contributed by atoms with Gasteiger partial charge in [-0.25, -0.2) is 4.98 Å². The third kappa shape index (κ3) is 3.85. The highest BCUT2D eigenvalue weighted by molar-refractivity contribution is 6.09. The number of anilines is 1. The number of nitrogens with one attached hydrogen (secondary N) is 2. The molecule has 9 nitrogen and oxygen atoms in total. The number of nitrogens with zero attached hydrogens (tertiary/aromatic N) is 4. The second kappa shape index (κ2) is 9.37. The third-order valence-electron chi connectivity index (χ3n) is 8.06. The van der Waals surface area contributed by atoms with Crippen molar-refractivity contribution in [3.63, 3.8) is 0 Å². The summed E-state index contributed by atoms with van der Waals surface area (Å²) in [5, 5.41) is 8.15. The van der Waals surface area contributed by atoms with E-state index < -0.39 is 6.04 Å². The van der Waals surface area contributed by atoms with E-state index in [0.29, 0.717) is 43.1 Å². The molecule has 5 aromatic rings. The lowest BCUT2D eigenvalue weighted by Crippen LogP contribution is -2.49. The van der Waals surface area contributed by atoms with Gasteiger partial charge in [-0.2, -0.15) is 0 Å². The van der Waals surface area contributed by atoms with Crippen LogP contribution < -0.4 is 10.6 Å². The second-order valence-corrected chi connectivity index (χ2v) is 10.4. The Hall–Kier alpha value is -4.92. The van der Waals surface area contributed by atoms with Crippen molar-refractivity contribution in [1.29, 1.82) is 0 Å². The van der Waals surface area contributed by atoms with E-state index in [1.807, 2.05) is 47.9 Å². The number of fused-ring (bicyclic) bond motifs is 4. The predicted octanol–water partition coefficient (Wildman–Crippen LogP) is 4.41. The van der Waals surface area contributed by atoms with Crippen LogP contribution in [0.15, 0.2) is 79.0 Å². The molecule has 2 unspecified atom stereocenters. The molecule has 0 spiro atoms. The smallest absolute Gasteiger partial charge is 0.273 e. The molecule has 0 saturated carbocycles. The standard InChI is InChI=1S/C31H28N6O3/c1-19-29-32-18-27(36(29)17-16-35(19)31(40)24-14-15-28(38)34-24)30(39)33-20-10-12-21(13-11-20)37-25-8-4-2-6-22(25)23-7-3-5-9-26(23)37/h2-13,18-19,24H,14-17H2,1H3,(H,33,39)(H,34,38). The molecule has 7 rings (SSSR count). The van der Waals surface area contributed by atoms with Crippen LogP contribution in [0.25, 0.3) is 27.5 Å². The molecule has 200 valence electrons. The number of aromatic nitrogens is 3. The van der Waals surface area contributed by atoms with Crippen molar-refractivity contribution in [2.24, 2.45) is 0 Å². The summed E-state index contributed by atoms with van der Waals surface area (Å²) in [6.45, 7) is 2.81. The van der Waals surface area contributed by atoms with Crippen molar-refractivity contribution in [2.45, 2.75) is 38.4 Å². The highest BCUT2D eigenvalue weighted by Gasteiger charge is 2.37. The molecule has 2 aliphatic rings. The summed E-state index contributed by atoms with van der Waals surface area (Å²) in [5.41, 5.74) is 4.40. The van der Waals surface area contributed by atoms with Crippen LogP contribution in [0.2, 0.25) is 0 Å². The van der Waals surface area contributed by atoms with Gasteiger partial charge in [0, 0.05) is 41.7 Å². The molecule has 40 heavy (non-hydrogen) atoms. The minimum atomic E-state index is -0.482. The number of benzene rings is 3. The Labute approximate surface area is 230 Å². The van der Waals surface area contributed by atoms with Crippen LogP contribution in [0.3, 0.4) is 0 Å². The number of rotatable bonds is 4. The van der Waals surface area contributed by atoms with Gasteiger partial charge in [0.25, 0.3) is 5.91 Å². The fourth-order valence-corrected chi connectivity index (χ4v) is 6.07. The van der Waals surface area contributed by atoms with E-state index in [1.54, 1.807) is 11.1 Å².